The molecular weight excluding hydrogens is 409 g/mol. The lowest BCUT2D eigenvalue weighted by Gasteiger charge is -2.19. The maximum absolute atomic E-state index is 10.3. The lowest BCUT2D eigenvalue weighted by Crippen LogP contribution is -2.35. The summed E-state index contributed by atoms with van der Waals surface area (Å²) >= 11 is 1.52. The number of nitrogens with one attached hydrogen (secondary N) is 1. The van der Waals surface area contributed by atoms with Gasteiger partial charge in [-0.15, -0.1) is 35.3 Å². The van der Waals surface area contributed by atoms with Gasteiger partial charge in [-0.1, -0.05) is 36.4 Å². The molecule has 4 N–H and O–H groups in total. The van der Waals surface area contributed by atoms with Gasteiger partial charge >= 0.3 is 0 Å². The minimum absolute atomic E-state index is 0. The minimum atomic E-state index is -0.972. The van der Waals surface area contributed by atoms with E-state index < -0.39 is 5.60 Å². The van der Waals surface area contributed by atoms with Crippen LogP contribution in [0.1, 0.15) is 17.4 Å². The van der Waals surface area contributed by atoms with Crippen molar-refractivity contribution < 1.29 is 5.11 Å². The highest BCUT2D eigenvalue weighted by Crippen LogP contribution is 2.25. The smallest absolute Gasteiger partial charge is 0.188 e. The Morgan fingerprint density at radius 2 is 2.00 bits per heavy atom. The molecule has 6 heteroatoms. The highest BCUT2D eigenvalue weighted by molar-refractivity contribution is 14.0. The molecule has 0 spiro atoms. The molecule has 1 heterocycles. The SMILES string of the molecule is CC(O)(CN=C(N)NCCc1ccccc1)c1cccs1.I. The summed E-state index contributed by atoms with van der Waals surface area (Å²) in [4.78, 5) is 5.11. The fraction of sp³-hybridized carbons (Fsp3) is 0.312. The number of halogens is 1. The van der Waals surface area contributed by atoms with E-state index in [0.717, 1.165) is 17.8 Å². The third-order valence-electron chi connectivity index (χ3n) is 3.17. The first-order chi connectivity index (χ1) is 10.1. The second-order valence-corrected chi connectivity index (χ2v) is 6.06. The molecule has 0 aliphatic rings. The van der Waals surface area contributed by atoms with Crippen LogP contribution in [0.5, 0.6) is 0 Å². The molecule has 1 atom stereocenters. The summed E-state index contributed by atoms with van der Waals surface area (Å²) in [5.41, 5.74) is 6.11. The van der Waals surface area contributed by atoms with E-state index >= 15 is 0 Å². The third kappa shape index (κ3) is 5.94. The molecule has 2 rings (SSSR count). The van der Waals surface area contributed by atoms with Crippen LogP contribution in [-0.4, -0.2) is 24.2 Å². The van der Waals surface area contributed by atoms with Crippen LogP contribution >= 0.6 is 35.3 Å². The van der Waals surface area contributed by atoms with E-state index in [1.165, 1.54) is 16.9 Å². The Morgan fingerprint density at radius 1 is 1.27 bits per heavy atom. The van der Waals surface area contributed by atoms with Gasteiger partial charge < -0.3 is 16.2 Å². The van der Waals surface area contributed by atoms with E-state index in [-0.39, 0.29) is 30.5 Å². The lowest BCUT2D eigenvalue weighted by atomic mass is 10.1. The zero-order valence-corrected chi connectivity index (χ0v) is 15.7. The average molecular weight is 431 g/mol. The summed E-state index contributed by atoms with van der Waals surface area (Å²) in [6, 6.07) is 14.0. The zero-order valence-electron chi connectivity index (χ0n) is 12.5. The number of nitrogens with two attached hydrogens (primary N) is 1. The quantitative estimate of drug-likeness (QED) is 0.374. The van der Waals surface area contributed by atoms with Gasteiger partial charge in [0.15, 0.2) is 5.96 Å². The van der Waals surface area contributed by atoms with E-state index in [9.17, 15) is 5.11 Å². The van der Waals surface area contributed by atoms with Gasteiger partial charge in [-0.25, -0.2) is 0 Å². The van der Waals surface area contributed by atoms with Gasteiger partial charge in [0.2, 0.25) is 0 Å². The second-order valence-electron chi connectivity index (χ2n) is 5.11. The zero-order chi connectivity index (χ0) is 15.1. The van der Waals surface area contributed by atoms with Crippen LogP contribution in [0.3, 0.4) is 0 Å². The summed E-state index contributed by atoms with van der Waals surface area (Å²) in [6.45, 7) is 2.72. The summed E-state index contributed by atoms with van der Waals surface area (Å²) in [7, 11) is 0. The number of aliphatic hydroxyl groups is 1. The first-order valence-electron chi connectivity index (χ1n) is 6.92. The molecule has 0 aliphatic carbocycles. The maximum atomic E-state index is 10.3. The molecule has 2 aromatic rings. The maximum Gasteiger partial charge on any atom is 0.188 e. The predicted octanol–water partition coefficient (Wildman–Crippen LogP) is 2.72. The Bertz CT molecular complexity index is 570. The first kappa shape index (κ1) is 18.9. The third-order valence-corrected chi connectivity index (χ3v) is 4.29. The summed E-state index contributed by atoms with van der Waals surface area (Å²) < 4.78 is 0. The van der Waals surface area contributed by atoms with E-state index in [4.69, 9.17) is 5.73 Å². The number of hydrogen-bond donors (Lipinski definition) is 3. The molecule has 1 aromatic carbocycles. The Kier molecular flexibility index (Phi) is 7.84. The molecule has 0 fully saturated rings. The van der Waals surface area contributed by atoms with Crippen molar-refractivity contribution in [3.63, 3.8) is 0 Å². The highest BCUT2D eigenvalue weighted by Gasteiger charge is 2.23. The van der Waals surface area contributed by atoms with Gasteiger partial charge in [-0.3, -0.25) is 4.99 Å². The first-order valence-corrected chi connectivity index (χ1v) is 7.80. The van der Waals surface area contributed by atoms with Gasteiger partial charge in [0.1, 0.15) is 5.60 Å². The fourth-order valence-corrected chi connectivity index (χ4v) is 2.72. The van der Waals surface area contributed by atoms with Crippen LogP contribution < -0.4 is 11.1 Å². The summed E-state index contributed by atoms with van der Waals surface area (Å²) in [6.07, 6.45) is 0.887. The van der Waals surface area contributed by atoms with Crippen LogP contribution in [-0.2, 0) is 12.0 Å². The van der Waals surface area contributed by atoms with Crippen LogP contribution in [0, 0.1) is 0 Å². The van der Waals surface area contributed by atoms with Crippen molar-refractivity contribution in [1.82, 2.24) is 5.32 Å². The van der Waals surface area contributed by atoms with Crippen LogP contribution in [0.25, 0.3) is 0 Å². The van der Waals surface area contributed by atoms with Crippen molar-refractivity contribution in [3.05, 3.63) is 58.3 Å². The van der Waals surface area contributed by atoms with E-state index in [1.54, 1.807) is 6.92 Å². The normalized spacial score (nSPS) is 14.0. The van der Waals surface area contributed by atoms with Crippen LogP contribution in [0.15, 0.2) is 52.8 Å². The van der Waals surface area contributed by atoms with Gasteiger partial charge in [-0.2, -0.15) is 0 Å². The topological polar surface area (TPSA) is 70.6 Å². The number of rotatable bonds is 6. The number of guanidine groups is 1. The van der Waals surface area contributed by atoms with Gasteiger partial charge in [0.25, 0.3) is 0 Å². The molecule has 0 aliphatic heterocycles. The van der Waals surface area contributed by atoms with Crippen molar-refractivity contribution in [3.8, 4) is 0 Å². The molecule has 22 heavy (non-hydrogen) atoms. The number of aliphatic imine (C=N–C) groups is 1. The van der Waals surface area contributed by atoms with Crippen molar-refractivity contribution in [2.75, 3.05) is 13.1 Å². The lowest BCUT2D eigenvalue weighted by molar-refractivity contribution is 0.0712. The minimum Gasteiger partial charge on any atom is -0.383 e. The van der Waals surface area contributed by atoms with E-state index in [1.807, 2.05) is 35.7 Å². The standard InChI is InChI=1S/C16H21N3OS.HI/c1-16(20,14-8-5-11-21-14)12-19-15(17)18-10-9-13-6-3-2-4-7-13;/h2-8,11,20H,9-10,12H2,1H3,(H3,17,18,19);1H. The average Bonchev–Trinajstić information content (AvgIpc) is 3.01. The monoisotopic (exact) mass is 431 g/mol. The highest BCUT2D eigenvalue weighted by atomic mass is 127. The predicted molar refractivity (Wildman–Crippen MR) is 104 cm³/mol. The molecule has 0 saturated carbocycles. The fourth-order valence-electron chi connectivity index (χ4n) is 1.94. The molecule has 1 aromatic heterocycles. The van der Waals surface area contributed by atoms with Gasteiger partial charge in [0.05, 0.1) is 6.54 Å². The van der Waals surface area contributed by atoms with Crippen LogP contribution in [0.4, 0.5) is 0 Å². The Hall–Kier alpha value is -1.12. The van der Waals surface area contributed by atoms with Crippen molar-refractivity contribution >= 4 is 41.3 Å². The molecule has 0 saturated heterocycles. The Morgan fingerprint density at radius 3 is 2.64 bits per heavy atom. The number of nitrogens with zero attached hydrogens (tertiary/aromatic N) is 1. The van der Waals surface area contributed by atoms with E-state index in [0.29, 0.717) is 5.96 Å². The Balaban J connectivity index is 0.00000242. The molecular formula is C16H22IN3OS. The van der Waals surface area contributed by atoms with E-state index in [2.05, 4.69) is 22.4 Å². The molecule has 1 unspecified atom stereocenters. The van der Waals surface area contributed by atoms with Crippen molar-refractivity contribution in [2.45, 2.75) is 18.9 Å². The number of hydrogen-bond acceptors (Lipinski definition) is 3. The molecule has 0 amide bonds. The van der Waals surface area contributed by atoms with Gasteiger partial charge in [0, 0.05) is 11.4 Å². The van der Waals surface area contributed by atoms with Gasteiger partial charge in [-0.05, 0) is 30.4 Å². The number of benzene rings is 1. The summed E-state index contributed by atoms with van der Waals surface area (Å²) in [5, 5.41) is 15.4. The molecule has 0 bridgehead atoms. The molecule has 4 nitrogen and oxygen atoms in total. The second kappa shape index (κ2) is 9.12. The summed E-state index contributed by atoms with van der Waals surface area (Å²) in [5.74, 6) is 0.364. The van der Waals surface area contributed by atoms with Crippen molar-refractivity contribution in [1.29, 1.82) is 0 Å². The number of thiophene rings is 1. The van der Waals surface area contributed by atoms with Crippen molar-refractivity contribution in [2.24, 2.45) is 10.7 Å². The molecule has 0 radical (unpaired) electrons. The molecule has 120 valence electrons. The largest absolute Gasteiger partial charge is 0.383 e. The Labute approximate surface area is 152 Å². The van der Waals surface area contributed by atoms with Crippen LogP contribution in [0.2, 0.25) is 0 Å².